The molecule has 1 aromatic rings. The summed E-state index contributed by atoms with van der Waals surface area (Å²) in [5.74, 6) is -2.02. The van der Waals surface area contributed by atoms with Gasteiger partial charge in [0.2, 0.25) is 0 Å². The predicted molar refractivity (Wildman–Crippen MR) is 59.5 cm³/mol. The van der Waals surface area contributed by atoms with Gasteiger partial charge in [-0.1, -0.05) is 12.1 Å². The minimum absolute atomic E-state index is 0.236. The smallest absolute Gasteiger partial charge is 0.299 e. The lowest BCUT2D eigenvalue weighted by Gasteiger charge is -2.14. The van der Waals surface area contributed by atoms with Crippen LogP contribution in [-0.4, -0.2) is 37.0 Å². The summed E-state index contributed by atoms with van der Waals surface area (Å²) in [5.41, 5.74) is 0.638. The van der Waals surface area contributed by atoms with Crippen LogP contribution in [0.3, 0.4) is 0 Å². The predicted octanol–water partition coefficient (Wildman–Crippen LogP) is 0.104. The largest absolute Gasteiger partial charge is 0.304 e. The van der Waals surface area contributed by atoms with Gasteiger partial charge >= 0.3 is 0 Å². The van der Waals surface area contributed by atoms with Gasteiger partial charge in [0.15, 0.2) is 0 Å². The number of anilines is 1. The molecule has 0 aromatic heterocycles. The van der Waals surface area contributed by atoms with Gasteiger partial charge in [-0.05, 0) is 12.1 Å². The number of fused-ring (bicyclic) bond motifs is 1. The summed E-state index contributed by atoms with van der Waals surface area (Å²) >= 11 is 0. The maximum atomic E-state index is 11.6. The number of carbonyl (C=O) groups excluding carboxylic acids is 2. The third kappa shape index (κ3) is 2.20. The molecule has 0 saturated heterocycles. The topological polar surface area (TPSA) is 91.8 Å². The van der Waals surface area contributed by atoms with Gasteiger partial charge in [-0.15, -0.1) is 0 Å². The summed E-state index contributed by atoms with van der Waals surface area (Å²) in [4.78, 5) is 24.2. The van der Waals surface area contributed by atoms with Crippen molar-refractivity contribution in [1.29, 1.82) is 0 Å². The number of ketones is 1. The Kier molecular flexibility index (Phi) is 2.72. The molecule has 1 amide bonds. The zero-order chi connectivity index (χ0) is 12.6. The fourth-order valence-corrected chi connectivity index (χ4v) is 2.09. The van der Waals surface area contributed by atoms with Crippen LogP contribution in [0, 0.1) is 0 Å². The van der Waals surface area contributed by atoms with E-state index in [1.807, 2.05) is 0 Å². The van der Waals surface area contributed by atoms with Gasteiger partial charge in [-0.2, -0.15) is 8.42 Å². The van der Waals surface area contributed by atoms with Crippen molar-refractivity contribution in [3.63, 3.8) is 0 Å². The average Bonchev–Trinajstić information content (AvgIpc) is 2.49. The van der Waals surface area contributed by atoms with Crippen molar-refractivity contribution in [3.8, 4) is 0 Å². The van der Waals surface area contributed by atoms with E-state index in [2.05, 4.69) is 0 Å². The van der Waals surface area contributed by atoms with Crippen LogP contribution in [0.25, 0.3) is 0 Å². The summed E-state index contributed by atoms with van der Waals surface area (Å²) in [6.45, 7) is -0.236. The lowest BCUT2D eigenvalue weighted by molar-refractivity contribution is -0.114. The van der Waals surface area contributed by atoms with Crippen molar-refractivity contribution in [3.05, 3.63) is 29.8 Å². The van der Waals surface area contributed by atoms with E-state index in [1.54, 1.807) is 18.2 Å². The lowest BCUT2D eigenvalue weighted by Crippen LogP contribution is -2.34. The second-order valence-corrected chi connectivity index (χ2v) is 5.16. The van der Waals surface area contributed by atoms with Crippen molar-refractivity contribution < 1.29 is 22.6 Å². The van der Waals surface area contributed by atoms with Gasteiger partial charge in [0.1, 0.15) is 0 Å². The number of rotatable bonds is 3. The first-order valence-electron chi connectivity index (χ1n) is 4.80. The van der Waals surface area contributed by atoms with E-state index in [-0.39, 0.29) is 12.1 Å². The molecule has 0 aliphatic carbocycles. The van der Waals surface area contributed by atoms with Gasteiger partial charge in [0.25, 0.3) is 21.8 Å². The maximum Gasteiger partial charge on any atom is 0.299 e. The molecule has 1 N–H and O–H groups in total. The molecule has 2 rings (SSSR count). The number of nitrogens with zero attached hydrogens (tertiary/aromatic N) is 1. The normalized spacial score (nSPS) is 15.2. The molecule has 7 heteroatoms. The Bertz CT molecular complexity index is 592. The molecule has 0 unspecified atom stereocenters. The number of hydrogen-bond acceptors (Lipinski definition) is 4. The number of hydrogen-bond donors (Lipinski definition) is 1. The van der Waals surface area contributed by atoms with E-state index >= 15 is 0 Å². The highest BCUT2D eigenvalue weighted by Gasteiger charge is 2.35. The molecule has 1 aliphatic heterocycles. The number of Topliss-reactive ketones (excluding diaryl/α,β-unsaturated/α-hetero) is 1. The second kappa shape index (κ2) is 3.94. The molecule has 0 saturated carbocycles. The Morgan fingerprint density at radius 3 is 2.47 bits per heavy atom. The SMILES string of the molecule is O=C1C(=O)N(CCS(=O)(=O)O)c2ccccc21. The van der Waals surface area contributed by atoms with E-state index in [0.29, 0.717) is 5.69 Å². The monoisotopic (exact) mass is 255 g/mol. The van der Waals surface area contributed by atoms with E-state index < -0.39 is 27.6 Å². The Balaban J connectivity index is 2.31. The minimum atomic E-state index is -4.16. The zero-order valence-electron chi connectivity index (χ0n) is 8.66. The molecule has 0 spiro atoms. The first kappa shape index (κ1) is 11.7. The Labute approximate surface area is 97.6 Å². The van der Waals surface area contributed by atoms with Gasteiger partial charge in [0.05, 0.1) is 17.0 Å². The standard InChI is InChI=1S/C10H9NO5S/c12-9-7-3-1-2-4-8(7)11(10(9)13)5-6-17(14,15)16/h1-4H,5-6H2,(H,14,15,16). The van der Waals surface area contributed by atoms with Crippen LogP contribution in [0.5, 0.6) is 0 Å². The van der Waals surface area contributed by atoms with Crippen molar-refractivity contribution >= 4 is 27.5 Å². The summed E-state index contributed by atoms with van der Waals surface area (Å²) in [7, 11) is -4.16. The Hall–Kier alpha value is -1.73. The third-order valence-corrected chi connectivity index (χ3v) is 3.15. The molecule has 0 bridgehead atoms. The number of benzene rings is 1. The molecule has 1 aliphatic rings. The molecule has 6 nitrogen and oxygen atoms in total. The van der Waals surface area contributed by atoms with E-state index in [1.165, 1.54) is 6.07 Å². The first-order chi connectivity index (χ1) is 7.90. The molecule has 0 radical (unpaired) electrons. The summed E-state index contributed by atoms with van der Waals surface area (Å²) < 4.78 is 29.9. The lowest BCUT2D eigenvalue weighted by atomic mass is 10.1. The quantitative estimate of drug-likeness (QED) is 0.611. The van der Waals surface area contributed by atoms with Crippen LogP contribution in [0.1, 0.15) is 10.4 Å². The Morgan fingerprint density at radius 1 is 1.18 bits per heavy atom. The number of amides is 1. The molecular weight excluding hydrogens is 246 g/mol. The van der Waals surface area contributed by atoms with E-state index in [4.69, 9.17) is 4.55 Å². The van der Waals surface area contributed by atoms with Gasteiger partial charge in [0, 0.05) is 6.54 Å². The fourth-order valence-electron chi connectivity index (χ4n) is 1.68. The zero-order valence-corrected chi connectivity index (χ0v) is 9.48. The fraction of sp³-hybridized carbons (Fsp3) is 0.200. The highest BCUT2D eigenvalue weighted by Crippen LogP contribution is 2.27. The second-order valence-electron chi connectivity index (χ2n) is 3.59. The third-order valence-electron chi connectivity index (χ3n) is 2.45. The maximum absolute atomic E-state index is 11.6. The molecular formula is C10H9NO5S. The molecule has 1 heterocycles. The van der Waals surface area contributed by atoms with Crippen LogP contribution in [0.15, 0.2) is 24.3 Å². The van der Waals surface area contributed by atoms with Crippen LogP contribution in [-0.2, 0) is 14.9 Å². The summed E-state index contributed by atoms with van der Waals surface area (Å²) in [6.07, 6.45) is 0. The first-order valence-corrected chi connectivity index (χ1v) is 6.41. The molecule has 17 heavy (non-hydrogen) atoms. The van der Waals surface area contributed by atoms with Crippen LogP contribution in [0.2, 0.25) is 0 Å². The van der Waals surface area contributed by atoms with Crippen LogP contribution < -0.4 is 4.90 Å². The summed E-state index contributed by atoms with van der Waals surface area (Å²) in [6, 6.07) is 6.33. The highest BCUT2D eigenvalue weighted by atomic mass is 32.2. The van der Waals surface area contributed by atoms with E-state index in [9.17, 15) is 18.0 Å². The Morgan fingerprint density at radius 2 is 1.82 bits per heavy atom. The van der Waals surface area contributed by atoms with Crippen LogP contribution >= 0.6 is 0 Å². The minimum Gasteiger partial charge on any atom is -0.304 e. The van der Waals surface area contributed by atoms with Crippen molar-refractivity contribution in [2.24, 2.45) is 0 Å². The summed E-state index contributed by atoms with van der Waals surface area (Å²) in [5, 5.41) is 0. The van der Waals surface area contributed by atoms with E-state index in [0.717, 1.165) is 4.90 Å². The van der Waals surface area contributed by atoms with Gasteiger partial charge in [-0.25, -0.2) is 0 Å². The number of para-hydroxylation sites is 1. The molecule has 90 valence electrons. The van der Waals surface area contributed by atoms with Crippen molar-refractivity contribution in [2.75, 3.05) is 17.2 Å². The molecule has 0 atom stereocenters. The van der Waals surface area contributed by atoms with Crippen molar-refractivity contribution in [2.45, 2.75) is 0 Å². The highest BCUT2D eigenvalue weighted by molar-refractivity contribution is 7.85. The van der Waals surface area contributed by atoms with Crippen LogP contribution in [0.4, 0.5) is 5.69 Å². The average molecular weight is 255 g/mol. The molecule has 1 aromatic carbocycles. The van der Waals surface area contributed by atoms with Crippen molar-refractivity contribution in [1.82, 2.24) is 0 Å². The van der Waals surface area contributed by atoms with Gasteiger partial charge in [-0.3, -0.25) is 14.1 Å². The molecule has 0 fully saturated rings. The van der Waals surface area contributed by atoms with Gasteiger partial charge < -0.3 is 4.90 Å². The number of carbonyl (C=O) groups is 2.